The van der Waals surface area contributed by atoms with E-state index in [0.29, 0.717) is 5.75 Å². The van der Waals surface area contributed by atoms with Crippen LogP contribution in [-0.2, 0) is 0 Å². The van der Waals surface area contributed by atoms with E-state index >= 15 is 0 Å². The van der Waals surface area contributed by atoms with Crippen molar-refractivity contribution in [2.24, 2.45) is 0 Å². The number of halogens is 1. The molecule has 5 heteroatoms. The number of rotatable bonds is 2. The van der Waals surface area contributed by atoms with Crippen LogP contribution in [0.2, 0.25) is 0 Å². The van der Waals surface area contributed by atoms with Crippen molar-refractivity contribution < 1.29 is 19.2 Å². The van der Waals surface area contributed by atoms with Crippen LogP contribution < -0.4 is 10.2 Å². The van der Waals surface area contributed by atoms with Gasteiger partial charge in [-0.2, -0.15) is 0 Å². The Hall–Kier alpha value is -1.07. The Bertz CT molecular complexity index is 280. The Labute approximate surface area is 97.0 Å². The minimum atomic E-state index is -1.78. The lowest BCUT2D eigenvalue weighted by Crippen LogP contribution is -2.32. The van der Waals surface area contributed by atoms with Crippen molar-refractivity contribution in [2.75, 3.05) is 7.11 Å². The molecule has 0 heterocycles. The van der Waals surface area contributed by atoms with Gasteiger partial charge in [0.1, 0.15) is 11.6 Å². The first-order valence-electron chi connectivity index (χ1n) is 5.34. The molecular weight excluding hydrogens is 210 g/mol. The van der Waals surface area contributed by atoms with Gasteiger partial charge in [0.2, 0.25) is 0 Å². The van der Waals surface area contributed by atoms with Crippen LogP contribution in [0, 0.1) is 5.82 Å². The van der Waals surface area contributed by atoms with Crippen LogP contribution in [0.15, 0.2) is 18.2 Å². The number of hydrogen-bond donors (Lipinski definition) is 2. The van der Waals surface area contributed by atoms with E-state index in [4.69, 9.17) is 14.8 Å². The summed E-state index contributed by atoms with van der Waals surface area (Å²) in [6.07, 6.45) is 0. The van der Waals surface area contributed by atoms with Gasteiger partial charge in [-0.1, -0.05) is 33.8 Å². The third kappa shape index (κ3) is 5.73. The van der Waals surface area contributed by atoms with Crippen molar-refractivity contribution in [3.8, 4) is 5.75 Å². The first kappa shape index (κ1) is 17.3. The highest BCUT2D eigenvalue weighted by atomic mass is 19.1. The van der Waals surface area contributed by atoms with E-state index in [1.807, 2.05) is 27.7 Å². The largest absolute Gasteiger partial charge is 0.497 e. The topological polar surface area (TPSA) is 49.7 Å². The van der Waals surface area contributed by atoms with Gasteiger partial charge in [0.25, 0.3) is 0 Å². The van der Waals surface area contributed by atoms with Gasteiger partial charge in [-0.25, -0.2) is 4.39 Å². The van der Waals surface area contributed by atoms with Gasteiger partial charge in [0.05, 0.1) is 7.11 Å². The molecule has 0 amide bonds. The van der Waals surface area contributed by atoms with Crippen molar-refractivity contribution in [3.63, 3.8) is 0 Å². The number of hydrogen-bond acceptors (Lipinski definition) is 3. The molecule has 0 fully saturated rings. The molecule has 0 aliphatic rings. The van der Waals surface area contributed by atoms with Crippen LogP contribution in [0.5, 0.6) is 5.75 Å². The Morgan fingerprint density at radius 3 is 1.94 bits per heavy atom. The van der Waals surface area contributed by atoms with Gasteiger partial charge in [0.15, 0.2) is 0 Å². The Balaban J connectivity index is 0. The standard InChI is InChI=1S/C7H8BFO3.2C2H6/c1-12-5-2-3-6(8(10)11)7(9)4-5;2*1-2/h2-4,10-11H,1H3;2*1-2H3. The summed E-state index contributed by atoms with van der Waals surface area (Å²) >= 11 is 0. The molecule has 1 rings (SSSR count). The van der Waals surface area contributed by atoms with Gasteiger partial charge in [-0.3, -0.25) is 0 Å². The fourth-order valence-electron chi connectivity index (χ4n) is 0.844. The molecule has 0 saturated heterocycles. The van der Waals surface area contributed by atoms with Crippen LogP contribution in [0.4, 0.5) is 4.39 Å². The van der Waals surface area contributed by atoms with Crippen molar-refractivity contribution in [3.05, 3.63) is 24.0 Å². The highest BCUT2D eigenvalue weighted by Gasteiger charge is 2.16. The molecule has 0 radical (unpaired) electrons. The Morgan fingerprint density at radius 1 is 1.12 bits per heavy atom. The van der Waals surface area contributed by atoms with E-state index in [2.05, 4.69) is 0 Å². The predicted octanol–water partition coefficient (Wildman–Crippen LogP) is 1.57. The van der Waals surface area contributed by atoms with Crippen molar-refractivity contribution in [1.29, 1.82) is 0 Å². The normalized spacial score (nSPS) is 8.00. The quantitative estimate of drug-likeness (QED) is 0.758. The molecule has 0 saturated carbocycles. The third-order valence-corrected chi connectivity index (χ3v) is 1.49. The highest BCUT2D eigenvalue weighted by Crippen LogP contribution is 2.09. The molecule has 0 unspecified atom stereocenters. The second kappa shape index (κ2) is 10.5. The number of methoxy groups -OCH3 is 1. The minimum Gasteiger partial charge on any atom is -0.497 e. The molecule has 2 N–H and O–H groups in total. The molecule has 16 heavy (non-hydrogen) atoms. The summed E-state index contributed by atoms with van der Waals surface area (Å²) in [4.78, 5) is 0. The number of benzene rings is 1. The van der Waals surface area contributed by atoms with E-state index < -0.39 is 12.9 Å². The zero-order valence-corrected chi connectivity index (χ0v) is 10.5. The predicted molar refractivity (Wildman–Crippen MR) is 65.5 cm³/mol. The van der Waals surface area contributed by atoms with Crippen LogP contribution in [-0.4, -0.2) is 24.3 Å². The third-order valence-electron chi connectivity index (χ3n) is 1.49. The lowest BCUT2D eigenvalue weighted by molar-refractivity contribution is 0.409. The maximum atomic E-state index is 12.9. The van der Waals surface area contributed by atoms with Crippen LogP contribution >= 0.6 is 0 Å². The maximum absolute atomic E-state index is 12.9. The summed E-state index contributed by atoms with van der Waals surface area (Å²) in [5.41, 5.74) is -0.157. The summed E-state index contributed by atoms with van der Waals surface area (Å²) in [6, 6.07) is 3.81. The molecule has 1 aromatic carbocycles. The summed E-state index contributed by atoms with van der Waals surface area (Å²) in [6.45, 7) is 8.00. The van der Waals surface area contributed by atoms with E-state index in [9.17, 15) is 4.39 Å². The van der Waals surface area contributed by atoms with E-state index in [-0.39, 0.29) is 5.46 Å². The monoisotopic (exact) mass is 230 g/mol. The van der Waals surface area contributed by atoms with Crippen molar-refractivity contribution in [2.45, 2.75) is 27.7 Å². The van der Waals surface area contributed by atoms with Gasteiger partial charge in [-0.05, 0) is 6.07 Å². The molecule has 0 spiro atoms. The molecule has 92 valence electrons. The lowest BCUT2D eigenvalue weighted by atomic mass is 9.80. The Morgan fingerprint density at radius 2 is 1.62 bits per heavy atom. The molecule has 0 aromatic heterocycles. The molecular formula is C11H20BFO3. The molecule has 0 aliphatic carbocycles. The van der Waals surface area contributed by atoms with Gasteiger partial charge >= 0.3 is 7.12 Å². The SMILES string of the molecule is CC.CC.COc1ccc(B(O)O)c(F)c1. The molecule has 0 atom stereocenters. The van der Waals surface area contributed by atoms with Gasteiger partial charge in [-0.15, -0.1) is 0 Å². The van der Waals surface area contributed by atoms with Gasteiger partial charge < -0.3 is 14.8 Å². The Kier molecular flexibility index (Phi) is 11.3. The van der Waals surface area contributed by atoms with Crippen LogP contribution in [0.25, 0.3) is 0 Å². The fourth-order valence-corrected chi connectivity index (χ4v) is 0.844. The summed E-state index contributed by atoms with van der Waals surface area (Å²) < 4.78 is 17.6. The fraction of sp³-hybridized carbons (Fsp3) is 0.455. The lowest BCUT2D eigenvalue weighted by Gasteiger charge is -2.03. The maximum Gasteiger partial charge on any atom is 0.491 e. The summed E-state index contributed by atoms with van der Waals surface area (Å²) in [5, 5.41) is 17.3. The van der Waals surface area contributed by atoms with Gasteiger partial charge in [0, 0.05) is 11.5 Å². The van der Waals surface area contributed by atoms with E-state index in [1.54, 1.807) is 0 Å². The van der Waals surface area contributed by atoms with Crippen LogP contribution in [0.3, 0.4) is 0 Å². The van der Waals surface area contributed by atoms with Crippen molar-refractivity contribution >= 4 is 12.6 Å². The zero-order chi connectivity index (χ0) is 13.1. The second-order valence-corrected chi connectivity index (χ2v) is 2.26. The average molecular weight is 230 g/mol. The summed E-state index contributed by atoms with van der Waals surface area (Å²) in [5.74, 6) is -0.346. The van der Waals surface area contributed by atoms with Crippen LogP contribution in [0.1, 0.15) is 27.7 Å². The van der Waals surface area contributed by atoms with E-state index in [1.165, 1.54) is 19.2 Å². The number of ether oxygens (including phenoxy) is 1. The van der Waals surface area contributed by atoms with Crippen molar-refractivity contribution in [1.82, 2.24) is 0 Å². The molecule has 0 aliphatic heterocycles. The minimum absolute atomic E-state index is 0.157. The zero-order valence-electron chi connectivity index (χ0n) is 10.5. The second-order valence-electron chi connectivity index (χ2n) is 2.26. The highest BCUT2D eigenvalue weighted by molar-refractivity contribution is 6.58. The van der Waals surface area contributed by atoms with E-state index in [0.717, 1.165) is 6.07 Å². The smallest absolute Gasteiger partial charge is 0.491 e. The molecule has 1 aromatic rings. The first-order chi connectivity index (χ1) is 7.65. The average Bonchev–Trinajstić information content (AvgIpc) is 2.33. The summed E-state index contributed by atoms with van der Waals surface area (Å²) in [7, 11) is -0.375. The molecule has 0 bridgehead atoms. The molecule has 3 nitrogen and oxygen atoms in total. The first-order valence-corrected chi connectivity index (χ1v) is 5.34.